The van der Waals surface area contributed by atoms with Crippen molar-refractivity contribution in [3.05, 3.63) is 71.2 Å². The van der Waals surface area contributed by atoms with Crippen LogP contribution in [0.5, 0.6) is 0 Å². The Kier molecular flexibility index (Phi) is 7.49. The van der Waals surface area contributed by atoms with Crippen molar-refractivity contribution in [2.24, 2.45) is 5.73 Å². The second kappa shape index (κ2) is 10.7. The summed E-state index contributed by atoms with van der Waals surface area (Å²) in [5.74, 6) is -2.62. The van der Waals surface area contributed by atoms with Crippen molar-refractivity contribution in [2.45, 2.75) is 63.3 Å². The Morgan fingerprint density at radius 2 is 1.73 bits per heavy atom. The van der Waals surface area contributed by atoms with E-state index in [1.807, 2.05) is 13.8 Å². The fourth-order valence-electron chi connectivity index (χ4n) is 5.32. The summed E-state index contributed by atoms with van der Waals surface area (Å²) in [6.45, 7) is 3.87. The van der Waals surface area contributed by atoms with Crippen LogP contribution in [0.4, 0.5) is 24.7 Å². The molecule has 8 nitrogen and oxygen atoms in total. The second-order valence-corrected chi connectivity index (χ2v) is 12.3. The minimum Gasteiger partial charge on any atom is -0.383 e. The van der Waals surface area contributed by atoms with Crippen molar-refractivity contribution in [1.29, 1.82) is 0 Å². The van der Waals surface area contributed by atoms with E-state index in [0.29, 0.717) is 5.39 Å². The smallest absolute Gasteiger partial charge is 0.237 e. The average Bonchev–Trinajstić information content (AvgIpc) is 3.30. The first kappa shape index (κ1) is 27.9. The summed E-state index contributed by atoms with van der Waals surface area (Å²) < 4.78 is 73.1. The fourth-order valence-corrected chi connectivity index (χ4v) is 6.51. The quantitative estimate of drug-likeness (QED) is 0.264. The van der Waals surface area contributed by atoms with E-state index in [0.717, 1.165) is 61.0 Å². The Labute approximate surface area is 230 Å². The summed E-state index contributed by atoms with van der Waals surface area (Å²) >= 11 is 0. The van der Waals surface area contributed by atoms with E-state index in [9.17, 15) is 12.8 Å². The van der Waals surface area contributed by atoms with Crippen LogP contribution < -0.4 is 16.2 Å². The van der Waals surface area contributed by atoms with E-state index in [2.05, 4.69) is 14.8 Å². The Morgan fingerprint density at radius 3 is 2.38 bits per heavy atom. The Bertz CT molecular complexity index is 1660. The van der Waals surface area contributed by atoms with Crippen LogP contribution in [0, 0.1) is 17.5 Å². The molecule has 2 heterocycles. The number of pyridine rings is 1. The number of benzene rings is 2. The van der Waals surface area contributed by atoms with E-state index < -0.39 is 38.9 Å². The molecule has 0 aliphatic heterocycles. The third-order valence-corrected chi connectivity index (χ3v) is 8.58. The van der Waals surface area contributed by atoms with Gasteiger partial charge in [0, 0.05) is 29.9 Å². The molecule has 2 aromatic carbocycles. The Hall–Kier alpha value is -3.64. The first-order chi connectivity index (χ1) is 18.9. The molecule has 0 amide bonds. The third kappa shape index (κ3) is 5.50. The van der Waals surface area contributed by atoms with Crippen LogP contribution in [0.3, 0.4) is 0 Å². The monoisotopic (exact) mass is 572 g/mol. The molecule has 40 heavy (non-hydrogen) atoms. The van der Waals surface area contributed by atoms with Gasteiger partial charge in [0.15, 0.2) is 0 Å². The molecule has 0 spiro atoms. The molecule has 0 bridgehead atoms. The number of sulfonamides is 1. The number of nitrogens with two attached hydrogens (primary N) is 2. The summed E-state index contributed by atoms with van der Waals surface area (Å²) in [7, 11) is -4.13. The minimum absolute atomic E-state index is 0.117. The van der Waals surface area contributed by atoms with E-state index in [1.54, 1.807) is 10.9 Å². The lowest BCUT2D eigenvalue weighted by Crippen LogP contribution is -2.26. The average molecular weight is 573 g/mol. The first-order valence-electron chi connectivity index (χ1n) is 13.1. The highest BCUT2D eigenvalue weighted by Gasteiger charge is 2.28. The molecule has 1 fully saturated rings. The third-order valence-electron chi connectivity index (χ3n) is 7.33. The molecular weight excluding hydrogens is 541 g/mol. The molecule has 1 saturated carbocycles. The van der Waals surface area contributed by atoms with Crippen molar-refractivity contribution in [3.63, 3.8) is 0 Å². The zero-order chi connectivity index (χ0) is 28.8. The molecule has 0 radical (unpaired) electrons. The van der Waals surface area contributed by atoms with Crippen LogP contribution in [-0.4, -0.2) is 29.2 Å². The van der Waals surface area contributed by atoms with Crippen LogP contribution >= 0.6 is 0 Å². The number of halogens is 3. The lowest BCUT2D eigenvalue weighted by atomic mass is 9.82. The zero-order valence-corrected chi connectivity index (χ0v) is 23.0. The highest BCUT2D eigenvalue weighted by molar-refractivity contribution is 7.91. The fraction of sp³-hybridized carbons (Fsp3) is 0.357. The SMILES string of the molecule is CC(C)n1nc(-c2cc(F)c(NS(=O)(=O)Cc3ccc(F)cc3)cc2F)c2c(N)ncc(C3CCC(N)CC3)c21. The molecular formula is C28H31F3N6O2S. The predicted octanol–water partition coefficient (Wildman–Crippen LogP) is 5.61. The van der Waals surface area contributed by atoms with Crippen LogP contribution in [0.1, 0.15) is 62.6 Å². The molecule has 212 valence electrons. The number of nitrogen functional groups attached to an aromatic ring is 1. The van der Waals surface area contributed by atoms with Gasteiger partial charge in [0.05, 0.1) is 22.3 Å². The van der Waals surface area contributed by atoms with E-state index in [1.165, 1.54) is 12.1 Å². The van der Waals surface area contributed by atoms with Gasteiger partial charge in [-0.15, -0.1) is 0 Å². The molecule has 0 saturated heterocycles. The van der Waals surface area contributed by atoms with Gasteiger partial charge in [-0.05, 0) is 74.8 Å². The highest BCUT2D eigenvalue weighted by atomic mass is 32.2. The molecule has 5 rings (SSSR count). The van der Waals surface area contributed by atoms with Gasteiger partial charge in [0.1, 0.15) is 29.0 Å². The van der Waals surface area contributed by atoms with Crippen molar-refractivity contribution in [2.75, 3.05) is 10.5 Å². The minimum atomic E-state index is -4.13. The standard InChI is InChI=1S/C28H31F3N6O2S/c1-15(2)37-27-21(17-5-9-19(32)10-6-17)13-34-28(33)25(27)26(35-37)20-11-23(31)24(12-22(20)30)36-40(38,39)14-16-3-7-18(29)8-4-16/h3-4,7-8,11-13,15,17,19,36H,5-6,9-10,14,32H2,1-2H3,(H2,33,34). The molecule has 4 aromatic rings. The predicted molar refractivity (Wildman–Crippen MR) is 150 cm³/mol. The van der Waals surface area contributed by atoms with Gasteiger partial charge in [0.25, 0.3) is 0 Å². The number of aromatic nitrogens is 3. The maximum absolute atomic E-state index is 15.6. The van der Waals surface area contributed by atoms with Crippen molar-refractivity contribution in [3.8, 4) is 11.3 Å². The molecule has 12 heteroatoms. The summed E-state index contributed by atoms with van der Waals surface area (Å²) in [4.78, 5) is 4.39. The van der Waals surface area contributed by atoms with Crippen molar-refractivity contribution in [1.82, 2.24) is 14.8 Å². The lowest BCUT2D eigenvalue weighted by Gasteiger charge is -2.27. The van der Waals surface area contributed by atoms with Crippen molar-refractivity contribution >= 4 is 32.4 Å². The maximum atomic E-state index is 15.6. The van der Waals surface area contributed by atoms with Gasteiger partial charge in [-0.1, -0.05) is 12.1 Å². The summed E-state index contributed by atoms with van der Waals surface area (Å²) in [6, 6.07) is 6.58. The normalized spacial score (nSPS) is 18.0. The molecule has 5 N–H and O–H groups in total. The number of rotatable bonds is 7. The summed E-state index contributed by atoms with van der Waals surface area (Å²) in [5.41, 5.74) is 13.8. The van der Waals surface area contributed by atoms with Crippen LogP contribution in [-0.2, 0) is 15.8 Å². The van der Waals surface area contributed by atoms with Crippen LogP contribution in [0.2, 0.25) is 0 Å². The molecule has 1 aliphatic rings. The highest BCUT2D eigenvalue weighted by Crippen LogP contribution is 2.42. The van der Waals surface area contributed by atoms with Gasteiger partial charge >= 0.3 is 0 Å². The number of nitrogens with one attached hydrogen (secondary N) is 1. The van der Waals surface area contributed by atoms with Crippen LogP contribution in [0.15, 0.2) is 42.6 Å². The maximum Gasteiger partial charge on any atom is 0.237 e. The van der Waals surface area contributed by atoms with Gasteiger partial charge in [0.2, 0.25) is 10.0 Å². The number of hydrogen-bond donors (Lipinski definition) is 3. The largest absolute Gasteiger partial charge is 0.383 e. The number of hydrogen-bond acceptors (Lipinski definition) is 6. The second-order valence-electron chi connectivity index (χ2n) is 10.6. The van der Waals surface area contributed by atoms with Gasteiger partial charge in [-0.2, -0.15) is 5.10 Å². The van der Waals surface area contributed by atoms with E-state index in [-0.39, 0.29) is 40.6 Å². The number of fused-ring (bicyclic) bond motifs is 1. The zero-order valence-electron chi connectivity index (χ0n) is 22.2. The number of anilines is 2. The first-order valence-corrected chi connectivity index (χ1v) is 14.7. The van der Waals surface area contributed by atoms with E-state index >= 15 is 8.78 Å². The molecule has 1 aliphatic carbocycles. The summed E-state index contributed by atoms with van der Waals surface area (Å²) in [5, 5.41) is 5.08. The van der Waals surface area contributed by atoms with Crippen LogP contribution in [0.25, 0.3) is 22.2 Å². The Morgan fingerprint density at radius 1 is 1.05 bits per heavy atom. The molecule has 0 atom stereocenters. The lowest BCUT2D eigenvalue weighted by molar-refractivity contribution is 0.395. The number of nitrogens with zero attached hydrogens (tertiary/aromatic N) is 3. The van der Waals surface area contributed by atoms with Gasteiger partial charge in [-0.3, -0.25) is 9.40 Å². The Balaban J connectivity index is 1.55. The topological polar surface area (TPSA) is 129 Å². The molecule has 2 aromatic heterocycles. The molecule has 0 unspecified atom stereocenters. The van der Waals surface area contributed by atoms with Gasteiger partial charge in [-0.25, -0.2) is 26.6 Å². The van der Waals surface area contributed by atoms with E-state index in [4.69, 9.17) is 11.5 Å². The summed E-state index contributed by atoms with van der Waals surface area (Å²) in [6.07, 6.45) is 5.22. The van der Waals surface area contributed by atoms with Crippen molar-refractivity contribution < 1.29 is 21.6 Å². The van der Waals surface area contributed by atoms with Gasteiger partial charge < -0.3 is 11.5 Å².